The van der Waals surface area contributed by atoms with Gasteiger partial charge in [0, 0.05) is 19.3 Å². The standard InChI is InChI=1S/C34H64O6/c1-5-7-9-16-21-25-32(35)38-28-31(40-34(37)27-23-17-10-8-6-2)29-39-33(36)26-22-19-15-13-11-12-14-18-20-24-30(3)4/h30-31H,5-29H2,1-4H3/t31-/m0/s1. The average molecular weight is 569 g/mol. The Morgan fingerprint density at radius 1 is 0.475 bits per heavy atom. The molecule has 0 N–H and O–H groups in total. The maximum absolute atomic E-state index is 12.3. The van der Waals surface area contributed by atoms with Gasteiger partial charge in [-0.2, -0.15) is 0 Å². The number of rotatable bonds is 29. The molecular formula is C34H64O6. The molecule has 1 atom stereocenters. The zero-order chi connectivity index (χ0) is 29.7. The number of hydrogen-bond donors (Lipinski definition) is 0. The van der Waals surface area contributed by atoms with Crippen LogP contribution in [-0.2, 0) is 28.6 Å². The molecule has 0 unspecified atom stereocenters. The third-order valence-electron chi connectivity index (χ3n) is 7.29. The lowest BCUT2D eigenvalue weighted by Gasteiger charge is -2.18. The molecule has 0 aliphatic carbocycles. The molecule has 236 valence electrons. The molecule has 0 radical (unpaired) electrons. The van der Waals surface area contributed by atoms with Crippen LogP contribution in [0.2, 0.25) is 0 Å². The lowest BCUT2D eigenvalue weighted by atomic mass is 10.0. The predicted octanol–water partition coefficient (Wildman–Crippen LogP) is 9.65. The van der Waals surface area contributed by atoms with Crippen molar-refractivity contribution in [3.8, 4) is 0 Å². The Kier molecular flexibility index (Phi) is 27.8. The van der Waals surface area contributed by atoms with Gasteiger partial charge in [0.2, 0.25) is 0 Å². The van der Waals surface area contributed by atoms with Crippen LogP contribution in [0, 0.1) is 5.92 Å². The van der Waals surface area contributed by atoms with Crippen molar-refractivity contribution in [2.75, 3.05) is 13.2 Å². The second kappa shape index (κ2) is 28.9. The maximum atomic E-state index is 12.3. The molecular weight excluding hydrogens is 504 g/mol. The molecule has 0 aliphatic rings. The van der Waals surface area contributed by atoms with E-state index >= 15 is 0 Å². The SMILES string of the molecule is CCCCCCCC(=O)OC[C@@H](COC(=O)CCCCCCCCCCCC(C)C)OC(=O)CCCCCCC. The van der Waals surface area contributed by atoms with Gasteiger partial charge in [-0.25, -0.2) is 0 Å². The van der Waals surface area contributed by atoms with E-state index in [1.165, 1.54) is 57.8 Å². The molecule has 0 amide bonds. The summed E-state index contributed by atoms with van der Waals surface area (Å²) in [6.07, 6.45) is 22.9. The Morgan fingerprint density at radius 2 is 0.825 bits per heavy atom. The fourth-order valence-electron chi connectivity index (χ4n) is 4.68. The summed E-state index contributed by atoms with van der Waals surface area (Å²) in [5, 5.41) is 0. The van der Waals surface area contributed by atoms with Gasteiger partial charge in [0.05, 0.1) is 0 Å². The summed E-state index contributed by atoms with van der Waals surface area (Å²) in [5.74, 6) is -0.0924. The van der Waals surface area contributed by atoms with Crippen molar-refractivity contribution in [3.63, 3.8) is 0 Å². The first kappa shape index (κ1) is 38.4. The highest BCUT2D eigenvalue weighted by Crippen LogP contribution is 2.14. The van der Waals surface area contributed by atoms with E-state index in [9.17, 15) is 14.4 Å². The number of hydrogen-bond acceptors (Lipinski definition) is 6. The number of esters is 3. The molecule has 0 rings (SSSR count). The summed E-state index contributed by atoms with van der Waals surface area (Å²) in [6, 6.07) is 0. The van der Waals surface area contributed by atoms with Crippen molar-refractivity contribution in [1.82, 2.24) is 0 Å². The molecule has 0 aliphatic heterocycles. The number of carbonyl (C=O) groups is 3. The molecule has 0 saturated carbocycles. The van der Waals surface area contributed by atoms with Crippen LogP contribution in [0.4, 0.5) is 0 Å². The summed E-state index contributed by atoms with van der Waals surface area (Å²) in [7, 11) is 0. The summed E-state index contributed by atoms with van der Waals surface area (Å²) >= 11 is 0. The molecule has 6 heteroatoms. The second-order valence-corrected chi connectivity index (χ2v) is 11.9. The Bertz CT molecular complexity index is 603. The van der Waals surface area contributed by atoms with Gasteiger partial charge in [0.25, 0.3) is 0 Å². The van der Waals surface area contributed by atoms with Crippen molar-refractivity contribution in [2.45, 2.75) is 181 Å². The fourth-order valence-corrected chi connectivity index (χ4v) is 4.68. The minimum absolute atomic E-state index is 0.0685. The summed E-state index contributed by atoms with van der Waals surface area (Å²) in [6.45, 7) is 8.75. The third kappa shape index (κ3) is 28.0. The van der Waals surface area contributed by atoms with Crippen LogP contribution in [0.25, 0.3) is 0 Å². The molecule has 0 aromatic carbocycles. The highest BCUT2D eigenvalue weighted by molar-refractivity contribution is 5.71. The molecule has 40 heavy (non-hydrogen) atoms. The van der Waals surface area contributed by atoms with Gasteiger partial charge in [-0.05, 0) is 25.2 Å². The minimum atomic E-state index is -0.753. The number of unbranched alkanes of at least 4 members (excludes halogenated alkanes) is 16. The van der Waals surface area contributed by atoms with Crippen LogP contribution in [0.1, 0.15) is 175 Å². The molecule has 0 fully saturated rings. The Hall–Kier alpha value is -1.59. The van der Waals surface area contributed by atoms with Gasteiger partial charge < -0.3 is 14.2 Å². The fraction of sp³-hybridized carbons (Fsp3) is 0.912. The van der Waals surface area contributed by atoms with Crippen molar-refractivity contribution in [3.05, 3.63) is 0 Å². The minimum Gasteiger partial charge on any atom is -0.462 e. The van der Waals surface area contributed by atoms with E-state index < -0.39 is 6.10 Å². The van der Waals surface area contributed by atoms with Crippen LogP contribution >= 0.6 is 0 Å². The monoisotopic (exact) mass is 568 g/mol. The lowest BCUT2D eigenvalue weighted by Crippen LogP contribution is -2.30. The number of carbonyl (C=O) groups excluding carboxylic acids is 3. The topological polar surface area (TPSA) is 78.9 Å². The first-order valence-corrected chi connectivity index (χ1v) is 16.9. The van der Waals surface area contributed by atoms with Crippen LogP contribution in [0.5, 0.6) is 0 Å². The quantitative estimate of drug-likeness (QED) is 0.0508. The van der Waals surface area contributed by atoms with Crippen LogP contribution in [0.15, 0.2) is 0 Å². The Morgan fingerprint density at radius 3 is 1.23 bits per heavy atom. The second-order valence-electron chi connectivity index (χ2n) is 11.9. The third-order valence-corrected chi connectivity index (χ3v) is 7.29. The molecule has 0 aromatic rings. The highest BCUT2D eigenvalue weighted by atomic mass is 16.6. The molecule has 0 saturated heterocycles. The van der Waals surface area contributed by atoms with E-state index in [2.05, 4.69) is 27.7 Å². The van der Waals surface area contributed by atoms with E-state index in [1.807, 2.05) is 0 Å². The lowest BCUT2D eigenvalue weighted by molar-refractivity contribution is -0.167. The van der Waals surface area contributed by atoms with E-state index in [-0.39, 0.29) is 31.1 Å². The van der Waals surface area contributed by atoms with Gasteiger partial charge >= 0.3 is 17.9 Å². The first-order valence-electron chi connectivity index (χ1n) is 16.9. The largest absolute Gasteiger partial charge is 0.462 e. The molecule has 0 heterocycles. The van der Waals surface area contributed by atoms with E-state index in [1.54, 1.807) is 0 Å². The first-order chi connectivity index (χ1) is 19.4. The van der Waals surface area contributed by atoms with Crippen molar-refractivity contribution < 1.29 is 28.6 Å². The van der Waals surface area contributed by atoms with Crippen LogP contribution in [0.3, 0.4) is 0 Å². The molecule has 0 spiro atoms. The van der Waals surface area contributed by atoms with Gasteiger partial charge in [-0.1, -0.05) is 137 Å². The van der Waals surface area contributed by atoms with Crippen LogP contribution in [-0.4, -0.2) is 37.2 Å². The van der Waals surface area contributed by atoms with Gasteiger partial charge in [0.15, 0.2) is 6.10 Å². The zero-order valence-corrected chi connectivity index (χ0v) is 26.8. The maximum Gasteiger partial charge on any atom is 0.306 e. The highest BCUT2D eigenvalue weighted by Gasteiger charge is 2.19. The van der Waals surface area contributed by atoms with Gasteiger partial charge in [-0.15, -0.1) is 0 Å². The van der Waals surface area contributed by atoms with Crippen molar-refractivity contribution in [1.29, 1.82) is 0 Å². The smallest absolute Gasteiger partial charge is 0.306 e. The zero-order valence-electron chi connectivity index (χ0n) is 26.8. The average Bonchev–Trinajstić information content (AvgIpc) is 2.92. The van der Waals surface area contributed by atoms with E-state index in [0.29, 0.717) is 19.3 Å². The Balaban J connectivity index is 4.21. The normalized spacial score (nSPS) is 11.9. The molecule has 0 bridgehead atoms. The van der Waals surface area contributed by atoms with Gasteiger partial charge in [0.1, 0.15) is 13.2 Å². The predicted molar refractivity (Wildman–Crippen MR) is 164 cm³/mol. The van der Waals surface area contributed by atoms with Crippen LogP contribution < -0.4 is 0 Å². The van der Waals surface area contributed by atoms with E-state index in [4.69, 9.17) is 14.2 Å². The Labute approximate surface area is 247 Å². The van der Waals surface area contributed by atoms with E-state index in [0.717, 1.165) is 76.5 Å². The summed E-state index contributed by atoms with van der Waals surface area (Å²) in [5.41, 5.74) is 0. The van der Waals surface area contributed by atoms with Crippen molar-refractivity contribution in [2.24, 2.45) is 5.92 Å². The summed E-state index contributed by atoms with van der Waals surface area (Å²) in [4.78, 5) is 36.8. The number of ether oxygens (including phenoxy) is 3. The van der Waals surface area contributed by atoms with Crippen molar-refractivity contribution >= 4 is 17.9 Å². The van der Waals surface area contributed by atoms with Gasteiger partial charge in [-0.3, -0.25) is 14.4 Å². The molecule has 6 nitrogen and oxygen atoms in total. The summed E-state index contributed by atoms with van der Waals surface area (Å²) < 4.78 is 16.3. The molecule has 0 aromatic heterocycles.